The van der Waals surface area contributed by atoms with Crippen LogP contribution in [0.1, 0.15) is 10.5 Å². The zero-order valence-electron chi connectivity index (χ0n) is 9.75. The number of nitrogens with one attached hydrogen (secondary N) is 1. The van der Waals surface area contributed by atoms with Gasteiger partial charge in [0.2, 0.25) is 0 Å². The van der Waals surface area contributed by atoms with Crippen LogP contribution in [-0.4, -0.2) is 64.1 Å². The molecule has 8 nitrogen and oxygen atoms in total. The maximum atomic E-state index is 11.8. The van der Waals surface area contributed by atoms with Crippen LogP contribution in [0.15, 0.2) is 6.20 Å². The maximum Gasteiger partial charge on any atom is 0.325 e. The van der Waals surface area contributed by atoms with Crippen LogP contribution in [-0.2, 0) is 11.3 Å². The predicted molar refractivity (Wildman–Crippen MR) is 58.5 cm³/mol. The first-order valence-corrected chi connectivity index (χ1v) is 5.06. The van der Waals surface area contributed by atoms with Gasteiger partial charge in [-0.05, 0) is 7.05 Å². The van der Waals surface area contributed by atoms with Crippen molar-refractivity contribution in [2.24, 2.45) is 0 Å². The Morgan fingerprint density at radius 1 is 1.59 bits per heavy atom. The van der Waals surface area contributed by atoms with Gasteiger partial charge in [-0.15, -0.1) is 5.10 Å². The number of carboxylic acids is 1. The molecule has 1 heterocycles. The Hall–Kier alpha value is -1.96. The van der Waals surface area contributed by atoms with E-state index >= 15 is 0 Å². The van der Waals surface area contributed by atoms with Crippen LogP contribution in [0.3, 0.4) is 0 Å². The Balaban J connectivity index is 2.62. The third-order valence-corrected chi connectivity index (χ3v) is 2.10. The van der Waals surface area contributed by atoms with E-state index in [0.29, 0.717) is 13.1 Å². The summed E-state index contributed by atoms with van der Waals surface area (Å²) in [5.41, 5.74) is 0.143. The standard InChI is InChI=1S/C9H15N5O3/c1-10-3-4-13(2)9(17)7-5-14(12-11-7)6-8(15)16/h5,10H,3-4,6H2,1-2H3,(H,15,16). The lowest BCUT2D eigenvalue weighted by atomic mass is 10.4. The van der Waals surface area contributed by atoms with Crippen LogP contribution in [0, 0.1) is 0 Å². The number of carbonyl (C=O) groups is 2. The quantitative estimate of drug-likeness (QED) is 0.639. The largest absolute Gasteiger partial charge is 0.480 e. The van der Waals surface area contributed by atoms with Crippen molar-refractivity contribution < 1.29 is 14.7 Å². The molecule has 0 saturated heterocycles. The van der Waals surface area contributed by atoms with Crippen molar-refractivity contribution in [3.63, 3.8) is 0 Å². The first kappa shape index (κ1) is 13.1. The predicted octanol–water partition coefficient (Wildman–Crippen LogP) is -1.35. The molecule has 0 radical (unpaired) electrons. The molecule has 0 aliphatic heterocycles. The minimum Gasteiger partial charge on any atom is -0.480 e. The van der Waals surface area contributed by atoms with Gasteiger partial charge in [0.1, 0.15) is 6.54 Å². The molecule has 0 unspecified atom stereocenters. The number of carbonyl (C=O) groups excluding carboxylic acids is 1. The smallest absolute Gasteiger partial charge is 0.325 e. The number of likely N-dealkylation sites (N-methyl/N-ethyl adjacent to an activating group) is 2. The van der Waals surface area contributed by atoms with E-state index < -0.39 is 5.97 Å². The normalized spacial score (nSPS) is 10.2. The minimum absolute atomic E-state index is 0.143. The lowest BCUT2D eigenvalue weighted by Gasteiger charge is -2.14. The van der Waals surface area contributed by atoms with Crippen LogP contribution >= 0.6 is 0 Å². The van der Waals surface area contributed by atoms with E-state index in [9.17, 15) is 9.59 Å². The van der Waals surface area contributed by atoms with E-state index in [0.717, 1.165) is 4.68 Å². The highest BCUT2D eigenvalue weighted by Gasteiger charge is 2.15. The molecule has 0 bridgehead atoms. The zero-order valence-corrected chi connectivity index (χ0v) is 9.75. The first-order valence-electron chi connectivity index (χ1n) is 5.06. The second-order valence-electron chi connectivity index (χ2n) is 3.53. The van der Waals surface area contributed by atoms with E-state index in [2.05, 4.69) is 15.6 Å². The van der Waals surface area contributed by atoms with Crippen LogP contribution in [0.25, 0.3) is 0 Å². The molecular weight excluding hydrogens is 226 g/mol. The van der Waals surface area contributed by atoms with Gasteiger partial charge in [-0.2, -0.15) is 0 Å². The molecule has 1 rings (SSSR count). The zero-order chi connectivity index (χ0) is 12.8. The lowest BCUT2D eigenvalue weighted by Crippen LogP contribution is -2.33. The Morgan fingerprint density at radius 3 is 2.88 bits per heavy atom. The van der Waals surface area contributed by atoms with E-state index in [-0.39, 0.29) is 18.1 Å². The van der Waals surface area contributed by atoms with Crippen LogP contribution in [0.2, 0.25) is 0 Å². The van der Waals surface area contributed by atoms with E-state index in [1.54, 1.807) is 14.1 Å². The van der Waals surface area contributed by atoms with Gasteiger partial charge in [-0.1, -0.05) is 5.21 Å². The van der Waals surface area contributed by atoms with Crippen LogP contribution < -0.4 is 5.32 Å². The summed E-state index contributed by atoms with van der Waals surface area (Å²) >= 11 is 0. The molecule has 0 spiro atoms. The summed E-state index contributed by atoms with van der Waals surface area (Å²) in [6.07, 6.45) is 1.33. The molecule has 1 aromatic rings. The summed E-state index contributed by atoms with van der Waals surface area (Å²) in [5, 5.41) is 18.7. The highest BCUT2D eigenvalue weighted by atomic mass is 16.4. The summed E-state index contributed by atoms with van der Waals surface area (Å²) in [6.45, 7) is 0.910. The molecule has 8 heteroatoms. The van der Waals surface area contributed by atoms with E-state index in [4.69, 9.17) is 5.11 Å². The number of hydrogen-bond donors (Lipinski definition) is 2. The maximum absolute atomic E-state index is 11.8. The number of aromatic nitrogens is 3. The number of aliphatic carboxylic acids is 1. The molecular formula is C9H15N5O3. The summed E-state index contributed by atoms with van der Waals surface area (Å²) in [5.74, 6) is -1.31. The molecule has 0 aromatic carbocycles. The molecule has 17 heavy (non-hydrogen) atoms. The van der Waals surface area contributed by atoms with Gasteiger partial charge in [0.15, 0.2) is 5.69 Å². The second kappa shape index (κ2) is 5.94. The number of hydrogen-bond acceptors (Lipinski definition) is 5. The average molecular weight is 241 g/mol. The number of nitrogens with zero attached hydrogens (tertiary/aromatic N) is 4. The SMILES string of the molecule is CNCCN(C)C(=O)c1cn(CC(=O)O)nn1. The minimum atomic E-state index is -1.03. The Morgan fingerprint density at radius 2 is 2.29 bits per heavy atom. The summed E-state index contributed by atoms with van der Waals surface area (Å²) in [7, 11) is 3.44. The lowest BCUT2D eigenvalue weighted by molar-refractivity contribution is -0.137. The Kier molecular flexibility index (Phi) is 4.58. The Bertz CT molecular complexity index is 403. The molecule has 2 N–H and O–H groups in total. The van der Waals surface area contributed by atoms with Gasteiger partial charge < -0.3 is 15.3 Å². The van der Waals surface area contributed by atoms with Gasteiger partial charge >= 0.3 is 5.97 Å². The van der Waals surface area contributed by atoms with E-state index in [1.165, 1.54) is 11.1 Å². The summed E-state index contributed by atoms with van der Waals surface area (Å²) in [6, 6.07) is 0. The van der Waals surface area contributed by atoms with Crippen molar-refractivity contribution in [3.05, 3.63) is 11.9 Å². The summed E-state index contributed by atoms with van der Waals surface area (Å²) < 4.78 is 1.11. The fourth-order valence-electron chi connectivity index (χ4n) is 1.19. The van der Waals surface area contributed by atoms with Gasteiger partial charge in [-0.25, -0.2) is 4.68 Å². The highest BCUT2D eigenvalue weighted by Crippen LogP contribution is 1.98. The molecule has 0 saturated carbocycles. The summed E-state index contributed by atoms with van der Waals surface area (Å²) in [4.78, 5) is 23.7. The molecule has 94 valence electrons. The molecule has 1 aromatic heterocycles. The van der Waals surface area contributed by atoms with Crippen molar-refractivity contribution in [1.82, 2.24) is 25.2 Å². The van der Waals surface area contributed by atoms with Crippen LogP contribution in [0.5, 0.6) is 0 Å². The molecule has 1 amide bonds. The second-order valence-corrected chi connectivity index (χ2v) is 3.53. The molecule has 0 fully saturated rings. The number of carboxylic acid groups (broad SMARTS) is 1. The highest BCUT2D eigenvalue weighted by molar-refractivity contribution is 5.91. The fraction of sp³-hybridized carbons (Fsp3) is 0.556. The van der Waals surface area contributed by atoms with Crippen molar-refractivity contribution >= 4 is 11.9 Å². The van der Waals surface area contributed by atoms with Crippen molar-refractivity contribution in [1.29, 1.82) is 0 Å². The topological polar surface area (TPSA) is 100 Å². The average Bonchev–Trinajstić information content (AvgIpc) is 2.72. The monoisotopic (exact) mass is 241 g/mol. The molecule has 0 atom stereocenters. The number of amides is 1. The van der Waals surface area contributed by atoms with Gasteiger partial charge in [0.05, 0.1) is 6.20 Å². The van der Waals surface area contributed by atoms with Gasteiger partial charge in [0.25, 0.3) is 5.91 Å². The van der Waals surface area contributed by atoms with Gasteiger partial charge in [-0.3, -0.25) is 9.59 Å². The van der Waals surface area contributed by atoms with Crippen LogP contribution in [0.4, 0.5) is 0 Å². The fourth-order valence-corrected chi connectivity index (χ4v) is 1.19. The molecule has 0 aliphatic carbocycles. The van der Waals surface area contributed by atoms with Gasteiger partial charge in [0, 0.05) is 20.1 Å². The third-order valence-electron chi connectivity index (χ3n) is 2.10. The Labute approximate surface area is 98.2 Å². The molecule has 0 aliphatic rings. The third kappa shape index (κ3) is 3.83. The number of rotatable bonds is 6. The first-order chi connectivity index (χ1) is 8.04. The van der Waals surface area contributed by atoms with Crippen molar-refractivity contribution in [3.8, 4) is 0 Å². The van der Waals surface area contributed by atoms with Crippen molar-refractivity contribution in [2.45, 2.75) is 6.54 Å². The van der Waals surface area contributed by atoms with E-state index in [1.807, 2.05) is 0 Å². The van der Waals surface area contributed by atoms with Crippen molar-refractivity contribution in [2.75, 3.05) is 27.2 Å².